The topological polar surface area (TPSA) is 47.4 Å². The van der Waals surface area contributed by atoms with Gasteiger partial charge in [0.25, 0.3) is 0 Å². The zero-order chi connectivity index (χ0) is 22.2. The molecule has 0 bridgehead atoms. The molecule has 0 aliphatic carbocycles. The number of carbonyl (C=O) groups is 1. The fourth-order valence-corrected chi connectivity index (χ4v) is 4.62. The van der Waals surface area contributed by atoms with Gasteiger partial charge in [0.1, 0.15) is 11.6 Å². The molecule has 1 amide bonds. The highest BCUT2D eigenvalue weighted by atomic mass is 16.5. The number of carbonyl (C=O) groups excluding carboxylic acids is 1. The summed E-state index contributed by atoms with van der Waals surface area (Å²) >= 11 is 0. The number of hydrogen-bond donors (Lipinski definition) is 0. The van der Waals surface area contributed by atoms with Crippen LogP contribution in [0.3, 0.4) is 0 Å². The lowest BCUT2D eigenvalue weighted by molar-refractivity contribution is -0.117. The molecule has 4 aromatic rings. The van der Waals surface area contributed by atoms with Gasteiger partial charge in [-0.2, -0.15) is 0 Å². The molecule has 1 atom stereocenters. The minimum absolute atomic E-state index is 0.0198. The third kappa shape index (κ3) is 3.54. The van der Waals surface area contributed by atoms with Crippen molar-refractivity contribution in [1.82, 2.24) is 9.55 Å². The second-order valence-electron chi connectivity index (χ2n) is 8.54. The Kier molecular flexibility index (Phi) is 5.17. The smallest absolute Gasteiger partial charge is 0.227 e. The predicted octanol–water partition coefficient (Wildman–Crippen LogP) is 5.23. The summed E-state index contributed by atoms with van der Waals surface area (Å²) in [5.74, 6) is 1.80. The molecule has 0 unspecified atom stereocenters. The molecule has 0 spiro atoms. The van der Waals surface area contributed by atoms with Gasteiger partial charge in [0.2, 0.25) is 5.91 Å². The molecule has 0 N–H and O–H groups in total. The largest absolute Gasteiger partial charge is 0.495 e. The van der Waals surface area contributed by atoms with Crippen LogP contribution in [0.4, 0.5) is 5.69 Å². The molecule has 1 fully saturated rings. The van der Waals surface area contributed by atoms with E-state index in [0.717, 1.165) is 29.1 Å². The molecule has 0 radical (unpaired) electrons. The molecular weight excluding hydrogens is 398 g/mol. The average molecular weight is 426 g/mol. The van der Waals surface area contributed by atoms with Gasteiger partial charge in [-0.25, -0.2) is 4.98 Å². The van der Waals surface area contributed by atoms with Crippen LogP contribution in [-0.2, 0) is 11.3 Å². The summed E-state index contributed by atoms with van der Waals surface area (Å²) in [7, 11) is 1.64. The number of benzene rings is 3. The molecule has 5 nitrogen and oxygen atoms in total. The predicted molar refractivity (Wildman–Crippen MR) is 127 cm³/mol. The van der Waals surface area contributed by atoms with Gasteiger partial charge in [0.15, 0.2) is 0 Å². The van der Waals surface area contributed by atoms with Crippen LogP contribution < -0.4 is 9.64 Å². The fourth-order valence-electron chi connectivity index (χ4n) is 4.62. The lowest BCUT2D eigenvalue weighted by Crippen LogP contribution is -2.25. The highest BCUT2D eigenvalue weighted by Gasteiger charge is 2.36. The van der Waals surface area contributed by atoms with Crippen LogP contribution in [0.25, 0.3) is 11.0 Å². The number of imidazole rings is 1. The number of hydrogen-bond acceptors (Lipinski definition) is 3. The normalized spacial score (nSPS) is 16.2. The van der Waals surface area contributed by atoms with E-state index in [0.29, 0.717) is 18.7 Å². The van der Waals surface area contributed by atoms with Crippen LogP contribution in [0.1, 0.15) is 34.9 Å². The third-order valence-electron chi connectivity index (χ3n) is 6.46. The monoisotopic (exact) mass is 425 g/mol. The zero-order valence-electron chi connectivity index (χ0n) is 18.7. The summed E-state index contributed by atoms with van der Waals surface area (Å²) in [6.45, 7) is 5.60. The van der Waals surface area contributed by atoms with Crippen LogP contribution >= 0.6 is 0 Å². The number of methoxy groups -OCH3 is 1. The van der Waals surface area contributed by atoms with Crippen molar-refractivity contribution < 1.29 is 9.53 Å². The molecular formula is C27H27N3O2. The molecule has 5 heteroatoms. The Morgan fingerprint density at radius 3 is 2.59 bits per heavy atom. The number of para-hydroxylation sites is 4. The number of aromatic nitrogens is 2. The van der Waals surface area contributed by atoms with Gasteiger partial charge in [-0.3, -0.25) is 4.79 Å². The second-order valence-corrected chi connectivity index (χ2v) is 8.54. The Morgan fingerprint density at radius 1 is 1.00 bits per heavy atom. The highest BCUT2D eigenvalue weighted by molar-refractivity contribution is 5.97. The van der Waals surface area contributed by atoms with E-state index in [1.165, 1.54) is 16.7 Å². The SMILES string of the molecule is COc1ccccc1N1C[C@H](c2nc3ccccc3n2Cc2ccc(C)c(C)c2)CC1=O. The number of anilines is 1. The summed E-state index contributed by atoms with van der Waals surface area (Å²) in [5, 5.41) is 0. The molecule has 5 rings (SSSR count). The van der Waals surface area contributed by atoms with Gasteiger partial charge in [-0.1, -0.05) is 42.5 Å². The quantitative estimate of drug-likeness (QED) is 0.440. The van der Waals surface area contributed by atoms with Crippen molar-refractivity contribution >= 4 is 22.6 Å². The van der Waals surface area contributed by atoms with Crippen molar-refractivity contribution in [2.24, 2.45) is 0 Å². The first-order chi connectivity index (χ1) is 15.5. The van der Waals surface area contributed by atoms with Gasteiger partial charge in [0, 0.05) is 25.4 Å². The van der Waals surface area contributed by atoms with Crippen LogP contribution in [0.5, 0.6) is 5.75 Å². The molecule has 3 aromatic carbocycles. The van der Waals surface area contributed by atoms with E-state index < -0.39 is 0 Å². The van der Waals surface area contributed by atoms with Gasteiger partial charge in [-0.15, -0.1) is 0 Å². The number of fused-ring (bicyclic) bond motifs is 1. The van der Waals surface area contributed by atoms with E-state index in [1.807, 2.05) is 47.4 Å². The summed E-state index contributed by atoms with van der Waals surface area (Å²) < 4.78 is 7.78. The number of amides is 1. The lowest BCUT2D eigenvalue weighted by atomic mass is 10.1. The lowest BCUT2D eigenvalue weighted by Gasteiger charge is -2.20. The fraction of sp³-hybridized carbons (Fsp3) is 0.259. The highest BCUT2D eigenvalue weighted by Crippen LogP contribution is 2.37. The molecule has 0 saturated carbocycles. The summed E-state index contributed by atoms with van der Waals surface area (Å²) in [5.41, 5.74) is 6.70. The first kappa shape index (κ1) is 20.3. The Labute approximate surface area is 188 Å². The second kappa shape index (κ2) is 8.15. The van der Waals surface area contributed by atoms with Gasteiger partial charge in [-0.05, 0) is 54.8 Å². The maximum absolute atomic E-state index is 13.0. The summed E-state index contributed by atoms with van der Waals surface area (Å²) in [6, 6.07) is 22.5. The number of nitrogens with zero attached hydrogens (tertiary/aromatic N) is 3. The van der Waals surface area contributed by atoms with Gasteiger partial charge < -0.3 is 14.2 Å². The minimum Gasteiger partial charge on any atom is -0.495 e. The first-order valence-electron chi connectivity index (χ1n) is 11.0. The van der Waals surface area contributed by atoms with E-state index in [-0.39, 0.29) is 11.8 Å². The summed E-state index contributed by atoms with van der Waals surface area (Å²) in [6.07, 6.45) is 0.439. The average Bonchev–Trinajstić information content (AvgIpc) is 3.37. The number of rotatable bonds is 5. The number of ether oxygens (including phenoxy) is 1. The van der Waals surface area contributed by atoms with Crippen LogP contribution in [0.2, 0.25) is 0 Å². The first-order valence-corrected chi connectivity index (χ1v) is 11.0. The van der Waals surface area contributed by atoms with Gasteiger partial charge >= 0.3 is 0 Å². The maximum atomic E-state index is 13.0. The summed E-state index contributed by atoms with van der Waals surface area (Å²) in [4.78, 5) is 19.9. The van der Waals surface area contributed by atoms with E-state index in [2.05, 4.69) is 42.7 Å². The number of aryl methyl sites for hydroxylation is 2. The van der Waals surface area contributed by atoms with E-state index in [1.54, 1.807) is 7.11 Å². The van der Waals surface area contributed by atoms with E-state index in [4.69, 9.17) is 9.72 Å². The van der Waals surface area contributed by atoms with Crippen molar-refractivity contribution in [3.8, 4) is 5.75 Å². The molecule has 1 aromatic heterocycles. The van der Waals surface area contributed by atoms with E-state index >= 15 is 0 Å². The Bertz CT molecular complexity index is 1310. The van der Waals surface area contributed by atoms with Crippen molar-refractivity contribution in [3.63, 3.8) is 0 Å². The molecule has 1 aliphatic rings. The molecule has 32 heavy (non-hydrogen) atoms. The zero-order valence-corrected chi connectivity index (χ0v) is 18.7. The van der Waals surface area contributed by atoms with Crippen molar-refractivity contribution in [2.45, 2.75) is 32.7 Å². The van der Waals surface area contributed by atoms with Crippen molar-refractivity contribution in [1.29, 1.82) is 0 Å². The minimum atomic E-state index is 0.0198. The molecule has 2 heterocycles. The maximum Gasteiger partial charge on any atom is 0.227 e. The Hall–Kier alpha value is -3.60. The van der Waals surface area contributed by atoms with Crippen LogP contribution in [0, 0.1) is 13.8 Å². The van der Waals surface area contributed by atoms with E-state index in [9.17, 15) is 4.79 Å². The molecule has 162 valence electrons. The Balaban J connectivity index is 1.53. The standard InChI is InChI=1S/C27H27N3O2/c1-18-12-13-20(14-19(18)2)16-30-23-9-5-4-8-22(23)28-27(30)21-15-26(31)29(17-21)24-10-6-7-11-25(24)32-3/h4-14,21H,15-17H2,1-3H3/t21-/m1/s1. The Morgan fingerprint density at radius 2 is 1.78 bits per heavy atom. The van der Waals surface area contributed by atoms with Crippen LogP contribution in [-0.4, -0.2) is 29.1 Å². The van der Waals surface area contributed by atoms with Crippen molar-refractivity contribution in [2.75, 3.05) is 18.6 Å². The van der Waals surface area contributed by atoms with Gasteiger partial charge in [0.05, 0.1) is 23.8 Å². The third-order valence-corrected chi connectivity index (χ3v) is 6.46. The molecule has 1 aliphatic heterocycles. The van der Waals surface area contributed by atoms with Crippen molar-refractivity contribution in [3.05, 3.63) is 89.2 Å². The van der Waals surface area contributed by atoms with Crippen LogP contribution in [0.15, 0.2) is 66.7 Å². The molecule has 1 saturated heterocycles.